The normalized spacial score (nSPS) is 11.8. The topological polar surface area (TPSA) is 0 Å². The van der Waals surface area contributed by atoms with E-state index in [2.05, 4.69) is 38.2 Å². The quantitative estimate of drug-likeness (QED) is 0.386. The number of allylic oxidation sites excluding steroid dienone is 4. The highest BCUT2D eigenvalue weighted by atomic mass is 13.9. The Hall–Kier alpha value is -0.520. The SMILES string of the molecule is CC/C=C/CC=CCCCCC. The second kappa shape index (κ2) is 10.5. The fourth-order valence-electron chi connectivity index (χ4n) is 1.07. The van der Waals surface area contributed by atoms with E-state index in [-0.39, 0.29) is 0 Å². The molecule has 0 aliphatic rings. The summed E-state index contributed by atoms with van der Waals surface area (Å²) in [5.41, 5.74) is 0. The van der Waals surface area contributed by atoms with Gasteiger partial charge in [-0.3, -0.25) is 0 Å². The Balaban J connectivity index is 3.08. The molecule has 0 aromatic rings. The van der Waals surface area contributed by atoms with Gasteiger partial charge in [0.05, 0.1) is 0 Å². The first kappa shape index (κ1) is 11.5. The summed E-state index contributed by atoms with van der Waals surface area (Å²) in [6, 6.07) is 0. The van der Waals surface area contributed by atoms with Gasteiger partial charge in [0.15, 0.2) is 0 Å². The molecule has 0 aromatic carbocycles. The molecule has 0 heterocycles. The van der Waals surface area contributed by atoms with Crippen LogP contribution >= 0.6 is 0 Å². The molecule has 0 rings (SSSR count). The van der Waals surface area contributed by atoms with Crippen molar-refractivity contribution in [3.63, 3.8) is 0 Å². The highest BCUT2D eigenvalue weighted by Gasteiger charge is 1.80. The summed E-state index contributed by atoms with van der Waals surface area (Å²) < 4.78 is 0. The van der Waals surface area contributed by atoms with E-state index in [4.69, 9.17) is 0 Å². The summed E-state index contributed by atoms with van der Waals surface area (Å²) in [6.45, 7) is 4.41. The largest absolute Gasteiger partial charge is 0.0885 e. The van der Waals surface area contributed by atoms with Crippen molar-refractivity contribution in [2.75, 3.05) is 0 Å². The molecule has 0 aliphatic carbocycles. The summed E-state index contributed by atoms with van der Waals surface area (Å²) in [5, 5.41) is 0. The molecule has 0 aliphatic heterocycles. The standard InChI is InChI=1S/C12H22/c1-3-5-7-9-11-12-10-8-6-4-2/h5,7,11-12H,3-4,6,8-10H2,1-2H3/b7-5+,12-11?. The van der Waals surface area contributed by atoms with Gasteiger partial charge in [-0.25, -0.2) is 0 Å². The molecule has 0 spiro atoms. The lowest BCUT2D eigenvalue weighted by Crippen LogP contribution is -1.70. The minimum Gasteiger partial charge on any atom is -0.0885 e. The monoisotopic (exact) mass is 166 g/mol. The molecule has 0 amide bonds. The fraction of sp³-hybridized carbons (Fsp3) is 0.667. The third-order valence-electron chi connectivity index (χ3n) is 1.82. The number of hydrogen-bond acceptors (Lipinski definition) is 0. The zero-order valence-corrected chi connectivity index (χ0v) is 8.55. The van der Waals surface area contributed by atoms with Crippen LogP contribution in [-0.4, -0.2) is 0 Å². The van der Waals surface area contributed by atoms with Crippen LogP contribution in [0.4, 0.5) is 0 Å². The van der Waals surface area contributed by atoms with Crippen molar-refractivity contribution in [2.24, 2.45) is 0 Å². The minimum atomic E-state index is 1.11. The second-order valence-corrected chi connectivity index (χ2v) is 3.08. The van der Waals surface area contributed by atoms with Crippen LogP contribution in [0.25, 0.3) is 0 Å². The number of rotatable bonds is 7. The van der Waals surface area contributed by atoms with Crippen molar-refractivity contribution in [1.29, 1.82) is 0 Å². The lowest BCUT2D eigenvalue weighted by molar-refractivity contribution is 0.728. The Bertz CT molecular complexity index is 120. The van der Waals surface area contributed by atoms with Crippen molar-refractivity contribution in [3.8, 4) is 0 Å². The minimum absolute atomic E-state index is 1.11. The van der Waals surface area contributed by atoms with E-state index in [0.29, 0.717) is 0 Å². The summed E-state index contributed by atoms with van der Waals surface area (Å²) >= 11 is 0. The van der Waals surface area contributed by atoms with Crippen LogP contribution in [0, 0.1) is 0 Å². The lowest BCUT2D eigenvalue weighted by Gasteiger charge is -1.90. The summed E-state index contributed by atoms with van der Waals surface area (Å²) in [7, 11) is 0. The van der Waals surface area contributed by atoms with Crippen LogP contribution in [0.5, 0.6) is 0 Å². The van der Waals surface area contributed by atoms with E-state index < -0.39 is 0 Å². The molecule has 0 heteroatoms. The zero-order chi connectivity index (χ0) is 9.07. The third-order valence-corrected chi connectivity index (χ3v) is 1.82. The molecule has 0 aromatic heterocycles. The molecule has 0 atom stereocenters. The van der Waals surface area contributed by atoms with Gasteiger partial charge in [0, 0.05) is 0 Å². The van der Waals surface area contributed by atoms with Crippen molar-refractivity contribution in [1.82, 2.24) is 0 Å². The van der Waals surface area contributed by atoms with Crippen LogP contribution in [0.15, 0.2) is 24.3 Å². The van der Waals surface area contributed by atoms with E-state index >= 15 is 0 Å². The maximum absolute atomic E-state index is 2.30. The van der Waals surface area contributed by atoms with Crippen LogP contribution in [0.2, 0.25) is 0 Å². The molecule has 0 nitrogen and oxygen atoms in total. The molecule has 0 radical (unpaired) electrons. The highest BCUT2D eigenvalue weighted by Crippen LogP contribution is 2.00. The van der Waals surface area contributed by atoms with E-state index in [9.17, 15) is 0 Å². The molecular weight excluding hydrogens is 144 g/mol. The van der Waals surface area contributed by atoms with Gasteiger partial charge < -0.3 is 0 Å². The second-order valence-electron chi connectivity index (χ2n) is 3.08. The Morgan fingerprint density at radius 1 is 0.833 bits per heavy atom. The van der Waals surface area contributed by atoms with Gasteiger partial charge in [0.2, 0.25) is 0 Å². The van der Waals surface area contributed by atoms with Gasteiger partial charge in [-0.15, -0.1) is 0 Å². The molecule has 0 N–H and O–H groups in total. The van der Waals surface area contributed by atoms with Gasteiger partial charge in [-0.2, -0.15) is 0 Å². The van der Waals surface area contributed by atoms with Gasteiger partial charge in [0.25, 0.3) is 0 Å². The van der Waals surface area contributed by atoms with Gasteiger partial charge >= 0.3 is 0 Å². The van der Waals surface area contributed by atoms with E-state index in [1.54, 1.807) is 0 Å². The Kier molecular flexibility index (Phi) is 10.0. The zero-order valence-electron chi connectivity index (χ0n) is 8.55. The van der Waals surface area contributed by atoms with Gasteiger partial charge in [-0.05, 0) is 25.7 Å². The predicted octanol–water partition coefficient (Wildman–Crippen LogP) is 4.48. The Morgan fingerprint density at radius 2 is 1.58 bits per heavy atom. The van der Waals surface area contributed by atoms with E-state index in [1.807, 2.05) is 0 Å². The Labute approximate surface area is 77.4 Å². The van der Waals surface area contributed by atoms with Gasteiger partial charge in [-0.1, -0.05) is 51.0 Å². The molecular formula is C12H22. The maximum Gasteiger partial charge on any atom is -0.0169 e. The third kappa shape index (κ3) is 9.48. The first-order chi connectivity index (χ1) is 5.91. The van der Waals surface area contributed by atoms with Gasteiger partial charge in [0.1, 0.15) is 0 Å². The van der Waals surface area contributed by atoms with Crippen molar-refractivity contribution < 1.29 is 0 Å². The van der Waals surface area contributed by atoms with E-state index in [1.165, 1.54) is 25.7 Å². The number of unbranched alkanes of at least 4 members (excludes halogenated alkanes) is 3. The molecule has 0 saturated carbocycles. The van der Waals surface area contributed by atoms with Crippen molar-refractivity contribution >= 4 is 0 Å². The summed E-state index contributed by atoms with van der Waals surface area (Å²) in [4.78, 5) is 0. The predicted molar refractivity (Wildman–Crippen MR) is 57.3 cm³/mol. The average molecular weight is 166 g/mol. The lowest BCUT2D eigenvalue weighted by atomic mass is 10.2. The van der Waals surface area contributed by atoms with Crippen LogP contribution < -0.4 is 0 Å². The van der Waals surface area contributed by atoms with E-state index in [0.717, 1.165) is 12.8 Å². The highest BCUT2D eigenvalue weighted by molar-refractivity contribution is 4.92. The van der Waals surface area contributed by atoms with Crippen LogP contribution in [0.1, 0.15) is 52.4 Å². The molecule has 12 heavy (non-hydrogen) atoms. The molecule has 70 valence electrons. The number of hydrogen-bond donors (Lipinski definition) is 0. The van der Waals surface area contributed by atoms with Crippen LogP contribution in [0.3, 0.4) is 0 Å². The molecule has 0 fully saturated rings. The smallest absolute Gasteiger partial charge is 0.0169 e. The molecule has 0 unspecified atom stereocenters. The van der Waals surface area contributed by atoms with Crippen molar-refractivity contribution in [3.05, 3.63) is 24.3 Å². The summed E-state index contributed by atoms with van der Waals surface area (Å²) in [5.74, 6) is 0. The first-order valence-electron chi connectivity index (χ1n) is 5.21. The molecule has 0 bridgehead atoms. The van der Waals surface area contributed by atoms with Crippen molar-refractivity contribution in [2.45, 2.75) is 52.4 Å². The first-order valence-corrected chi connectivity index (χ1v) is 5.21. The Morgan fingerprint density at radius 3 is 2.25 bits per heavy atom. The molecule has 0 saturated heterocycles. The average Bonchev–Trinajstić information content (AvgIpc) is 2.10. The summed E-state index contributed by atoms with van der Waals surface area (Å²) in [6.07, 6.45) is 16.6. The fourth-order valence-corrected chi connectivity index (χ4v) is 1.07. The van der Waals surface area contributed by atoms with Crippen LogP contribution in [-0.2, 0) is 0 Å². The maximum atomic E-state index is 2.30.